The maximum atomic E-state index is 7.72. The zero-order chi connectivity index (χ0) is 43.0. The van der Waals surface area contributed by atoms with Crippen molar-refractivity contribution in [3.05, 3.63) is 110 Å². The van der Waals surface area contributed by atoms with Crippen molar-refractivity contribution in [2.24, 2.45) is 0 Å². The van der Waals surface area contributed by atoms with Crippen LogP contribution in [0.3, 0.4) is 0 Å². The van der Waals surface area contributed by atoms with E-state index in [1.165, 1.54) is 12.5 Å². The first-order chi connectivity index (χ1) is 28.6. The van der Waals surface area contributed by atoms with Gasteiger partial charge >= 0.3 is 0 Å². The molecule has 0 amide bonds. The van der Waals surface area contributed by atoms with Crippen LogP contribution in [0, 0.1) is 0 Å². The van der Waals surface area contributed by atoms with Crippen LogP contribution >= 0.6 is 0 Å². The van der Waals surface area contributed by atoms with Crippen molar-refractivity contribution in [2.75, 3.05) is 52.9 Å². The molecular weight excluding hydrogens is 749 g/mol. The van der Waals surface area contributed by atoms with Gasteiger partial charge in [-0.15, -0.1) is 0 Å². The van der Waals surface area contributed by atoms with Crippen LogP contribution in [0.25, 0.3) is 11.1 Å². The highest BCUT2D eigenvalue weighted by Crippen LogP contribution is 2.72. The van der Waals surface area contributed by atoms with Gasteiger partial charge in [0.1, 0.15) is 0 Å². The fraction of sp³-hybridized carbons (Fsp3) is 0.592. The summed E-state index contributed by atoms with van der Waals surface area (Å²) >= 11 is 0. The highest BCUT2D eigenvalue weighted by atomic mass is 16.8. The Morgan fingerprint density at radius 3 is 1.07 bits per heavy atom. The van der Waals surface area contributed by atoms with Crippen molar-refractivity contribution in [1.29, 1.82) is 0 Å². The van der Waals surface area contributed by atoms with E-state index < -0.39 is 51.6 Å². The van der Waals surface area contributed by atoms with Gasteiger partial charge in [0.2, 0.25) is 11.6 Å². The lowest BCUT2D eigenvalue weighted by Gasteiger charge is -2.71. The second-order valence-electron chi connectivity index (χ2n) is 14.7. The van der Waals surface area contributed by atoms with Crippen molar-refractivity contribution < 1.29 is 47.4 Å². The molecule has 2 aromatic carbocycles. The van der Waals surface area contributed by atoms with Crippen LogP contribution in [0.1, 0.15) is 93.2 Å². The quantitative estimate of drug-likeness (QED) is 0.0580. The number of fused-ring (bicyclic) bond motifs is 3. The fourth-order valence-corrected chi connectivity index (χ4v) is 11.3. The predicted molar refractivity (Wildman–Crippen MR) is 231 cm³/mol. The summed E-state index contributed by atoms with van der Waals surface area (Å²) in [7, 11) is 0. The van der Waals surface area contributed by atoms with Crippen molar-refractivity contribution in [3.63, 3.8) is 0 Å². The molecule has 0 saturated heterocycles. The molecule has 0 aliphatic heterocycles. The summed E-state index contributed by atoms with van der Waals surface area (Å²) in [6.07, 6.45) is 10.4. The molecule has 0 N–H and O–H groups in total. The molecule has 6 atom stereocenters. The zero-order valence-corrected chi connectivity index (χ0v) is 37.3. The summed E-state index contributed by atoms with van der Waals surface area (Å²) < 4.78 is 72.2. The molecule has 6 unspecified atom stereocenters. The van der Waals surface area contributed by atoms with Gasteiger partial charge < -0.3 is 47.4 Å². The summed E-state index contributed by atoms with van der Waals surface area (Å²) in [5, 5.41) is 0. The van der Waals surface area contributed by atoms with E-state index in [-0.39, 0.29) is 39.6 Å². The maximum absolute atomic E-state index is 7.72. The van der Waals surface area contributed by atoms with Gasteiger partial charge in [-0.05, 0) is 115 Å². The predicted octanol–water partition coefficient (Wildman–Crippen LogP) is 9.61. The van der Waals surface area contributed by atoms with Crippen LogP contribution in [-0.4, -0.2) is 99.0 Å². The third-order valence-corrected chi connectivity index (χ3v) is 12.6. The summed E-state index contributed by atoms with van der Waals surface area (Å²) in [6, 6.07) is 16.9. The average Bonchev–Trinajstić information content (AvgIpc) is 3.55. The van der Waals surface area contributed by atoms with E-state index >= 15 is 0 Å². The SMILES string of the molecule is C=COC1C=CC(OCC)(C2(C3(OCC)C=CC(OC=C)C(CC)(OCC)C3(OCC)OCC)c3ccccc3-c3ccccc32)C(OCC)(OCC)C1(CC)OCC. The van der Waals surface area contributed by atoms with Gasteiger partial charge in [0, 0.05) is 52.9 Å². The first kappa shape index (κ1) is 46.7. The molecule has 5 rings (SSSR count). The van der Waals surface area contributed by atoms with Crippen molar-refractivity contribution >= 4 is 0 Å². The van der Waals surface area contributed by atoms with Gasteiger partial charge in [0.15, 0.2) is 34.6 Å². The van der Waals surface area contributed by atoms with Gasteiger partial charge in [-0.1, -0.05) is 75.5 Å². The smallest absolute Gasteiger partial charge is 0.237 e. The number of rotatable bonds is 24. The lowest BCUT2D eigenvalue weighted by Crippen LogP contribution is -2.89. The van der Waals surface area contributed by atoms with Crippen LogP contribution in [0.5, 0.6) is 0 Å². The van der Waals surface area contributed by atoms with Crippen LogP contribution in [0.4, 0.5) is 0 Å². The Morgan fingerprint density at radius 1 is 0.458 bits per heavy atom. The Morgan fingerprint density at radius 2 is 0.780 bits per heavy atom. The maximum Gasteiger partial charge on any atom is 0.237 e. The Labute approximate surface area is 353 Å². The van der Waals surface area contributed by atoms with Gasteiger partial charge in [-0.2, -0.15) is 0 Å². The molecule has 0 radical (unpaired) electrons. The number of hydrogen-bond donors (Lipinski definition) is 0. The number of hydrogen-bond acceptors (Lipinski definition) is 10. The van der Waals surface area contributed by atoms with E-state index in [9.17, 15) is 0 Å². The third-order valence-electron chi connectivity index (χ3n) is 12.6. The minimum Gasteiger partial charge on any atom is -0.491 e. The standard InChI is InChI=1S/C49H70O10/c1-13-43(52-17-5)41(50-15-3)33-35-45(54-19-7,48(43,56-21-9)57-22-10)47(39-31-27-25-29-37(39)38-30-26-28-32-40(38)47)46(55-20-8)36-34-42(51-16-4)44(14-2,53-18-6)49(46,58-23-11)59-24-12/h15-16,25-36,41-42H,3-4,13-14,17-24H2,1-2,5-12H3. The largest absolute Gasteiger partial charge is 0.491 e. The molecule has 2 aromatic rings. The van der Waals surface area contributed by atoms with E-state index in [2.05, 4.69) is 87.7 Å². The third kappa shape index (κ3) is 6.18. The van der Waals surface area contributed by atoms with Crippen molar-refractivity contribution in [1.82, 2.24) is 0 Å². The minimum absolute atomic E-state index is 0.226. The second-order valence-corrected chi connectivity index (χ2v) is 14.7. The van der Waals surface area contributed by atoms with Gasteiger partial charge in [-0.3, -0.25) is 0 Å². The van der Waals surface area contributed by atoms with E-state index in [0.717, 1.165) is 22.3 Å². The summed E-state index contributed by atoms with van der Waals surface area (Å²) in [6.45, 7) is 29.9. The van der Waals surface area contributed by atoms with Crippen molar-refractivity contribution in [3.8, 4) is 11.1 Å². The molecule has 0 bridgehead atoms. The summed E-state index contributed by atoms with van der Waals surface area (Å²) in [5.74, 6) is -3.54. The second kappa shape index (κ2) is 19.2. The fourth-order valence-electron chi connectivity index (χ4n) is 11.3. The molecule has 0 fully saturated rings. The lowest BCUT2D eigenvalue weighted by molar-refractivity contribution is -0.447. The normalized spacial score (nSPS) is 29.7. The van der Waals surface area contributed by atoms with Crippen LogP contribution in [-0.2, 0) is 52.8 Å². The van der Waals surface area contributed by atoms with Crippen molar-refractivity contribution in [2.45, 2.75) is 134 Å². The monoisotopic (exact) mass is 818 g/mol. The summed E-state index contributed by atoms with van der Waals surface area (Å²) in [5.41, 5.74) is -3.79. The highest BCUT2D eigenvalue weighted by Gasteiger charge is 2.88. The molecule has 0 aromatic heterocycles. The molecule has 326 valence electrons. The van der Waals surface area contributed by atoms with E-state index in [1.807, 2.05) is 67.5 Å². The number of ether oxygens (including phenoxy) is 10. The van der Waals surface area contributed by atoms with E-state index in [0.29, 0.717) is 26.1 Å². The first-order valence-electron chi connectivity index (χ1n) is 21.9. The highest BCUT2D eigenvalue weighted by molar-refractivity contribution is 5.85. The molecule has 3 aliphatic rings. The van der Waals surface area contributed by atoms with E-state index in [4.69, 9.17) is 47.4 Å². The molecule has 10 heteroatoms. The van der Waals surface area contributed by atoms with Gasteiger partial charge in [-0.25, -0.2) is 0 Å². The van der Waals surface area contributed by atoms with Crippen LogP contribution < -0.4 is 0 Å². The molecule has 0 saturated carbocycles. The van der Waals surface area contributed by atoms with Gasteiger partial charge in [0.05, 0.1) is 17.9 Å². The van der Waals surface area contributed by atoms with E-state index in [1.54, 1.807) is 0 Å². The van der Waals surface area contributed by atoms with Gasteiger partial charge in [0.25, 0.3) is 0 Å². The Bertz CT molecular complexity index is 1630. The topological polar surface area (TPSA) is 92.3 Å². The molecule has 3 aliphatic carbocycles. The number of benzene rings is 2. The average molecular weight is 819 g/mol. The molecule has 59 heavy (non-hydrogen) atoms. The van der Waals surface area contributed by atoms with Crippen LogP contribution in [0.2, 0.25) is 0 Å². The molecule has 0 spiro atoms. The first-order valence-corrected chi connectivity index (χ1v) is 21.9. The Kier molecular flexibility index (Phi) is 15.2. The molecule has 10 nitrogen and oxygen atoms in total. The molecule has 0 heterocycles. The summed E-state index contributed by atoms with van der Waals surface area (Å²) in [4.78, 5) is 0. The zero-order valence-electron chi connectivity index (χ0n) is 37.3. The molecular formula is C49H70O10. The lowest BCUT2D eigenvalue weighted by atomic mass is 9.45. The van der Waals surface area contributed by atoms with Crippen LogP contribution in [0.15, 0.2) is 98.5 Å². The minimum atomic E-state index is -1.77. The Balaban J connectivity index is 2.27. The Hall–Kier alpha value is -3.32.